The van der Waals surface area contributed by atoms with E-state index in [1.807, 2.05) is 6.92 Å². The molecule has 1 unspecified atom stereocenters. The number of carbonyl (C=O) groups excluding carboxylic acids is 1. The first-order valence-corrected chi connectivity index (χ1v) is 10.5. The van der Waals surface area contributed by atoms with Crippen molar-refractivity contribution in [2.75, 3.05) is 10.6 Å². The summed E-state index contributed by atoms with van der Waals surface area (Å²) in [5.74, 6) is -1.44. The van der Waals surface area contributed by atoms with Crippen LogP contribution < -0.4 is 9.62 Å². The second-order valence-corrected chi connectivity index (χ2v) is 8.87. The van der Waals surface area contributed by atoms with Gasteiger partial charge in [-0.1, -0.05) is 0 Å². The summed E-state index contributed by atoms with van der Waals surface area (Å²) < 4.78 is 25.2. The number of rotatable bonds is 5. The number of hydrogen-bond donors (Lipinski definition) is 2. The Morgan fingerprint density at radius 3 is 2.77 bits per heavy atom. The molecule has 1 aliphatic rings. The van der Waals surface area contributed by atoms with Crippen molar-refractivity contribution >= 4 is 38.9 Å². The summed E-state index contributed by atoms with van der Waals surface area (Å²) in [6.45, 7) is 1.95. The number of benzene rings is 1. The number of carboxylic acids is 1. The van der Waals surface area contributed by atoms with Crippen molar-refractivity contribution < 1.29 is 23.1 Å². The Labute approximate surface area is 154 Å². The Kier molecular flexibility index (Phi) is 4.72. The van der Waals surface area contributed by atoms with E-state index in [0.29, 0.717) is 22.7 Å². The van der Waals surface area contributed by atoms with Gasteiger partial charge in [0.1, 0.15) is 5.01 Å². The van der Waals surface area contributed by atoms with Crippen LogP contribution >= 0.6 is 11.3 Å². The second kappa shape index (κ2) is 6.69. The molecule has 0 bridgehead atoms. The predicted molar refractivity (Wildman–Crippen MR) is 97.2 cm³/mol. The van der Waals surface area contributed by atoms with Crippen LogP contribution in [0.3, 0.4) is 0 Å². The first kappa shape index (κ1) is 18.3. The highest BCUT2D eigenvalue weighted by Crippen LogP contribution is 2.34. The van der Waals surface area contributed by atoms with Gasteiger partial charge in [0.2, 0.25) is 10.0 Å². The molecule has 1 atom stereocenters. The van der Waals surface area contributed by atoms with Crippen LogP contribution in [0, 0.1) is 0 Å². The molecule has 0 saturated carbocycles. The standard InChI is InChI=1S/C16H17N3O5S2/c1-9-5-11-6-10(3-4-13(11)19(9)26(2,23)24)15(20)17-7-14-18-12(8-25-14)16(21)22/h3-4,6,8-9H,5,7H2,1-2H3,(H,17,20)(H,21,22). The molecular weight excluding hydrogens is 378 g/mol. The highest BCUT2D eigenvalue weighted by atomic mass is 32.2. The molecule has 2 heterocycles. The molecule has 0 spiro atoms. The number of carbonyl (C=O) groups is 2. The fraction of sp³-hybridized carbons (Fsp3) is 0.312. The topological polar surface area (TPSA) is 117 Å². The average Bonchev–Trinajstić information content (AvgIpc) is 3.14. The normalized spacial score (nSPS) is 16.4. The molecular formula is C16H17N3O5S2. The van der Waals surface area contributed by atoms with E-state index in [0.717, 1.165) is 16.9 Å². The largest absolute Gasteiger partial charge is 0.476 e. The van der Waals surface area contributed by atoms with Crippen molar-refractivity contribution in [2.45, 2.75) is 25.9 Å². The number of aromatic carboxylic acids is 1. The molecule has 0 aliphatic carbocycles. The highest BCUT2D eigenvalue weighted by molar-refractivity contribution is 7.92. The Morgan fingerprint density at radius 2 is 2.15 bits per heavy atom. The summed E-state index contributed by atoms with van der Waals surface area (Å²) >= 11 is 1.16. The molecule has 1 aromatic carbocycles. The number of fused-ring (bicyclic) bond motifs is 1. The van der Waals surface area contributed by atoms with Crippen LogP contribution in [0.25, 0.3) is 0 Å². The molecule has 0 saturated heterocycles. The maximum Gasteiger partial charge on any atom is 0.355 e. The lowest BCUT2D eigenvalue weighted by Gasteiger charge is -2.21. The van der Waals surface area contributed by atoms with Gasteiger partial charge in [0.15, 0.2) is 5.69 Å². The predicted octanol–water partition coefficient (Wildman–Crippen LogP) is 1.48. The minimum absolute atomic E-state index is 0.0494. The Balaban J connectivity index is 1.73. The van der Waals surface area contributed by atoms with E-state index in [-0.39, 0.29) is 24.2 Å². The van der Waals surface area contributed by atoms with E-state index < -0.39 is 16.0 Å². The fourth-order valence-corrected chi connectivity index (χ4v) is 4.97. The lowest BCUT2D eigenvalue weighted by Crippen LogP contribution is -2.34. The molecule has 1 aromatic heterocycles. The van der Waals surface area contributed by atoms with Crippen molar-refractivity contribution in [2.24, 2.45) is 0 Å². The van der Waals surface area contributed by atoms with Gasteiger partial charge in [0, 0.05) is 17.0 Å². The zero-order valence-corrected chi connectivity index (χ0v) is 15.7. The Bertz CT molecular complexity index is 984. The van der Waals surface area contributed by atoms with Gasteiger partial charge in [0.05, 0.1) is 18.5 Å². The van der Waals surface area contributed by atoms with Crippen LogP contribution in [0.5, 0.6) is 0 Å². The fourth-order valence-electron chi connectivity index (χ4n) is 3.00. The van der Waals surface area contributed by atoms with Crippen LogP contribution in [0.1, 0.15) is 38.3 Å². The third-order valence-electron chi connectivity index (χ3n) is 4.02. The first-order valence-electron chi connectivity index (χ1n) is 7.75. The van der Waals surface area contributed by atoms with Gasteiger partial charge in [-0.25, -0.2) is 18.2 Å². The second-order valence-electron chi connectivity index (χ2n) is 6.07. The van der Waals surface area contributed by atoms with Crippen molar-refractivity contribution in [3.63, 3.8) is 0 Å². The maximum absolute atomic E-state index is 12.3. The summed E-state index contributed by atoms with van der Waals surface area (Å²) in [6.07, 6.45) is 1.70. The minimum atomic E-state index is -3.37. The molecule has 2 N–H and O–H groups in total. The number of carboxylic acid groups (broad SMARTS) is 1. The monoisotopic (exact) mass is 395 g/mol. The van der Waals surface area contributed by atoms with Gasteiger partial charge in [-0.3, -0.25) is 9.10 Å². The molecule has 1 aliphatic heterocycles. The first-order chi connectivity index (χ1) is 12.2. The lowest BCUT2D eigenvalue weighted by molar-refractivity contribution is 0.0691. The van der Waals surface area contributed by atoms with Crippen molar-refractivity contribution in [3.05, 3.63) is 45.4 Å². The smallest absolute Gasteiger partial charge is 0.355 e. The summed E-state index contributed by atoms with van der Waals surface area (Å²) in [4.78, 5) is 27.1. The number of hydrogen-bond acceptors (Lipinski definition) is 6. The van der Waals surface area contributed by atoms with Crippen molar-refractivity contribution in [3.8, 4) is 0 Å². The Hall–Kier alpha value is -2.46. The van der Waals surface area contributed by atoms with Crippen LogP contribution in [-0.4, -0.2) is 42.7 Å². The van der Waals surface area contributed by atoms with Gasteiger partial charge in [0.25, 0.3) is 5.91 Å². The molecule has 2 aromatic rings. The number of anilines is 1. The van der Waals surface area contributed by atoms with Crippen LogP contribution in [0.2, 0.25) is 0 Å². The number of amides is 1. The highest BCUT2D eigenvalue weighted by Gasteiger charge is 2.32. The number of sulfonamides is 1. The van der Waals surface area contributed by atoms with Gasteiger partial charge in [-0.15, -0.1) is 11.3 Å². The van der Waals surface area contributed by atoms with E-state index in [1.165, 1.54) is 15.9 Å². The number of thiazole rings is 1. The third kappa shape index (κ3) is 3.56. The van der Waals surface area contributed by atoms with E-state index in [2.05, 4.69) is 10.3 Å². The molecule has 8 nitrogen and oxygen atoms in total. The zero-order chi connectivity index (χ0) is 19.1. The van der Waals surface area contributed by atoms with Crippen LogP contribution in [0.4, 0.5) is 5.69 Å². The minimum Gasteiger partial charge on any atom is -0.476 e. The van der Waals surface area contributed by atoms with E-state index in [4.69, 9.17) is 5.11 Å². The molecule has 0 fully saturated rings. The van der Waals surface area contributed by atoms with Gasteiger partial charge < -0.3 is 10.4 Å². The number of nitrogens with one attached hydrogen (secondary N) is 1. The molecule has 10 heteroatoms. The lowest BCUT2D eigenvalue weighted by atomic mass is 10.1. The van der Waals surface area contributed by atoms with E-state index in [9.17, 15) is 18.0 Å². The molecule has 3 rings (SSSR count). The third-order valence-corrected chi connectivity index (χ3v) is 6.14. The summed E-state index contributed by atoms with van der Waals surface area (Å²) in [5, 5.41) is 13.5. The van der Waals surface area contributed by atoms with Gasteiger partial charge in [-0.05, 0) is 37.1 Å². The molecule has 26 heavy (non-hydrogen) atoms. The van der Waals surface area contributed by atoms with E-state index >= 15 is 0 Å². The van der Waals surface area contributed by atoms with Gasteiger partial charge in [-0.2, -0.15) is 0 Å². The zero-order valence-electron chi connectivity index (χ0n) is 14.1. The van der Waals surface area contributed by atoms with Crippen LogP contribution in [-0.2, 0) is 23.0 Å². The summed E-state index contributed by atoms with van der Waals surface area (Å²) in [6, 6.07) is 4.72. The number of nitrogens with zero attached hydrogens (tertiary/aromatic N) is 2. The molecule has 138 valence electrons. The Morgan fingerprint density at radius 1 is 1.42 bits per heavy atom. The van der Waals surface area contributed by atoms with Gasteiger partial charge >= 0.3 is 5.97 Å². The SMILES string of the molecule is CC1Cc2cc(C(=O)NCc3nc(C(=O)O)cs3)ccc2N1S(C)(=O)=O. The van der Waals surface area contributed by atoms with Crippen LogP contribution in [0.15, 0.2) is 23.6 Å². The number of aromatic nitrogens is 1. The van der Waals surface area contributed by atoms with Crippen molar-refractivity contribution in [1.82, 2.24) is 10.3 Å². The van der Waals surface area contributed by atoms with Crippen molar-refractivity contribution in [1.29, 1.82) is 0 Å². The summed E-state index contributed by atoms with van der Waals surface area (Å²) in [5.41, 5.74) is 1.77. The quantitative estimate of drug-likeness (QED) is 0.792. The average molecular weight is 395 g/mol. The molecule has 0 radical (unpaired) electrons. The molecule has 1 amide bonds. The van der Waals surface area contributed by atoms with E-state index in [1.54, 1.807) is 18.2 Å². The maximum atomic E-state index is 12.3. The summed E-state index contributed by atoms with van der Waals surface area (Å²) in [7, 11) is -3.37.